The van der Waals surface area contributed by atoms with Crippen molar-refractivity contribution in [3.05, 3.63) is 173 Å². The average Bonchev–Trinajstić information content (AvgIpc) is 3.11. The van der Waals surface area contributed by atoms with Crippen LogP contribution in [0, 0.1) is 0 Å². The van der Waals surface area contributed by atoms with Crippen molar-refractivity contribution in [3.8, 4) is 0 Å². The molecule has 0 heterocycles. The third-order valence-electron chi connectivity index (χ3n) is 7.35. The van der Waals surface area contributed by atoms with Gasteiger partial charge in [-0.25, -0.2) is 4.79 Å². The van der Waals surface area contributed by atoms with Crippen LogP contribution in [0.4, 0.5) is 10.5 Å². The normalized spacial score (nSPS) is 12.0. The minimum Gasteiger partial charge on any atom is -0.445 e. The van der Waals surface area contributed by atoms with E-state index in [1.165, 1.54) is 0 Å². The summed E-state index contributed by atoms with van der Waals surface area (Å²) in [6, 6.07) is 40.3. The van der Waals surface area contributed by atoms with Crippen molar-refractivity contribution in [3.63, 3.8) is 0 Å². The second kappa shape index (κ2) is 15.9. The van der Waals surface area contributed by atoms with Gasteiger partial charge in [-0.05, 0) is 34.4 Å². The molecule has 232 valence electrons. The van der Waals surface area contributed by atoms with E-state index in [-0.39, 0.29) is 30.2 Å². The molecule has 0 bridgehead atoms. The van der Waals surface area contributed by atoms with Gasteiger partial charge in [-0.3, -0.25) is 9.59 Å². The smallest absolute Gasteiger partial charge is 0.408 e. The molecule has 8 heteroatoms. The summed E-state index contributed by atoms with van der Waals surface area (Å²) < 4.78 is 5.40. The van der Waals surface area contributed by atoms with E-state index in [1.807, 2.05) is 66.7 Å². The Labute approximate surface area is 268 Å². The Bertz CT molecular complexity index is 1730. The molecule has 0 saturated heterocycles. The maximum absolute atomic E-state index is 13.9. The number of aliphatic hydroxyl groups excluding tert-OH is 1. The Morgan fingerprint density at radius 3 is 1.91 bits per heavy atom. The molecule has 0 aliphatic heterocycles. The fourth-order valence-corrected chi connectivity index (χ4v) is 4.92. The van der Waals surface area contributed by atoms with Gasteiger partial charge in [0.1, 0.15) is 12.6 Å². The van der Waals surface area contributed by atoms with E-state index < -0.39 is 24.1 Å². The van der Waals surface area contributed by atoms with Crippen molar-refractivity contribution in [1.82, 2.24) is 10.6 Å². The highest BCUT2D eigenvalue weighted by Gasteiger charge is 2.26. The van der Waals surface area contributed by atoms with Gasteiger partial charge in [0.15, 0.2) is 5.78 Å². The minimum atomic E-state index is -1.13. The molecule has 46 heavy (non-hydrogen) atoms. The van der Waals surface area contributed by atoms with Crippen LogP contribution in [-0.4, -0.2) is 29.4 Å². The maximum atomic E-state index is 13.9. The van der Waals surface area contributed by atoms with E-state index in [0.29, 0.717) is 23.2 Å². The van der Waals surface area contributed by atoms with E-state index in [2.05, 4.69) is 16.0 Å². The van der Waals surface area contributed by atoms with Crippen LogP contribution < -0.4 is 16.0 Å². The van der Waals surface area contributed by atoms with Crippen molar-refractivity contribution in [2.24, 2.45) is 0 Å². The van der Waals surface area contributed by atoms with Crippen molar-refractivity contribution >= 4 is 23.5 Å². The number of amides is 2. The van der Waals surface area contributed by atoms with Crippen molar-refractivity contribution in [2.75, 3.05) is 11.9 Å². The summed E-state index contributed by atoms with van der Waals surface area (Å²) in [4.78, 5) is 40.3. The van der Waals surface area contributed by atoms with Gasteiger partial charge in [-0.1, -0.05) is 127 Å². The maximum Gasteiger partial charge on any atom is 0.408 e. The molecule has 0 saturated carbocycles. The zero-order valence-corrected chi connectivity index (χ0v) is 25.1. The second-order valence-electron chi connectivity index (χ2n) is 10.7. The number of benzene rings is 5. The lowest BCUT2D eigenvalue weighted by atomic mass is 9.97. The standard InChI is InChI=1S/C38H35N3O5/c42-34(25-39-24-27-13-5-1-6-14-27)31-21-22-32(36(43)30-19-11-4-12-20-30)33(23-31)40-37(44)35(29-17-9-3-10-18-29)41-38(45)46-26-28-15-7-2-8-16-28/h1-23,34-35,39,42H,24-26H2,(H,40,44)(H,41,45)/t34?,35-/m1/s1. The summed E-state index contributed by atoms with van der Waals surface area (Å²) in [6.07, 6.45) is -1.70. The molecule has 2 amide bonds. The Morgan fingerprint density at radius 2 is 1.26 bits per heavy atom. The number of nitrogens with one attached hydrogen (secondary N) is 3. The van der Waals surface area contributed by atoms with Gasteiger partial charge in [0.2, 0.25) is 0 Å². The molecular weight excluding hydrogens is 578 g/mol. The van der Waals surface area contributed by atoms with Crippen LogP contribution >= 0.6 is 0 Å². The molecule has 8 nitrogen and oxygen atoms in total. The minimum absolute atomic E-state index is 0.0315. The van der Waals surface area contributed by atoms with E-state index in [4.69, 9.17) is 4.74 Å². The number of carbonyl (C=O) groups is 3. The summed E-state index contributed by atoms with van der Waals surface area (Å²) in [6.45, 7) is 0.844. The Hall–Kier alpha value is -5.57. The monoisotopic (exact) mass is 613 g/mol. The molecule has 0 radical (unpaired) electrons. The first-order chi connectivity index (χ1) is 22.5. The highest BCUT2D eigenvalue weighted by Crippen LogP contribution is 2.26. The lowest BCUT2D eigenvalue weighted by Gasteiger charge is -2.21. The topological polar surface area (TPSA) is 117 Å². The van der Waals surface area contributed by atoms with Crippen LogP contribution in [0.5, 0.6) is 0 Å². The number of ether oxygens (including phenoxy) is 1. The van der Waals surface area contributed by atoms with Crippen LogP contribution in [0.1, 0.15) is 50.3 Å². The predicted molar refractivity (Wildman–Crippen MR) is 177 cm³/mol. The molecule has 5 aromatic rings. The fourth-order valence-electron chi connectivity index (χ4n) is 4.92. The molecule has 0 aliphatic carbocycles. The summed E-state index contributed by atoms with van der Waals surface area (Å²) in [7, 11) is 0. The summed E-state index contributed by atoms with van der Waals surface area (Å²) in [5, 5.41) is 19.8. The molecule has 0 fully saturated rings. The highest BCUT2D eigenvalue weighted by molar-refractivity contribution is 6.14. The fraction of sp³-hybridized carbons (Fsp3) is 0.132. The third-order valence-corrected chi connectivity index (χ3v) is 7.35. The predicted octanol–water partition coefficient (Wildman–Crippen LogP) is 6.35. The molecule has 5 aromatic carbocycles. The first kappa shape index (κ1) is 31.8. The van der Waals surface area contributed by atoms with Gasteiger partial charge < -0.3 is 25.8 Å². The lowest BCUT2D eigenvalue weighted by molar-refractivity contribution is -0.118. The number of rotatable bonds is 13. The van der Waals surface area contributed by atoms with E-state index >= 15 is 0 Å². The zero-order chi connectivity index (χ0) is 32.1. The molecule has 0 spiro atoms. The van der Waals surface area contributed by atoms with Crippen LogP contribution in [-0.2, 0) is 22.7 Å². The van der Waals surface area contributed by atoms with Crippen molar-refractivity contribution in [1.29, 1.82) is 0 Å². The zero-order valence-electron chi connectivity index (χ0n) is 25.1. The molecule has 0 aromatic heterocycles. The Balaban J connectivity index is 1.38. The number of ketones is 1. The Kier molecular flexibility index (Phi) is 11.0. The van der Waals surface area contributed by atoms with Crippen LogP contribution in [0.2, 0.25) is 0 Å². The average molecular weight is 614 g/mol. The van der Waals surface area contributed by atoms with Gasteiger partial charge in [-0.15, -0.1) is 0 Å². The molecule has 1 unspecified atom stereocenters. The quantitative estimate of drug-likeness (QED) is 0.115. The molecule has 4 N–H and O–H groups in total. The first-order valence-corrected chi connectivity index (χ1v) is 15.0. The van der Waals surface area contributed by atoms with Crippen LogP contribution in [0.25, 0.3) is 0 Å². The van der Waals surface area contributed by atoms with Crippen LogP contribution in [0.15, 0.2) is 140 Å². The van der Waals surface area contributed by atoms with Gasteiger partial charge in [0, 0.05) is 24.2 Å². The number of alkyl carbamates (subject to hydrolysis) is 1. The molecular formula is C38H35N3O5. The largest absolute Gasteiger partial charge is 0.445 e. The molecule has 5 rings (SSSR count). The van der Waals surface area contributed by atoms with Crippen molar-refractivity contribution < 1.29 is 24.2 Å². The molecule has 0 aliphatic rings. The Morgan fingerprint density at radius 1 is 0.674 bits per heavy atom. The number of carbonyl (C=O) groups excluding carboxylic acids is 3. The van der Waals surface area contributed by atoms with Gasteiger partial charge in [0.05, 0.1) is 11.8 Å². The first-order valence-electron chi connectivity index (χ1n) is 15.0. The van der Waals surface area contributed by atoms with Gasteiger partial charge in [-0.2, -0.15) is 0 Å². The van der Waals surface area contributed by atoms with Crippen LogP contribution in [0.3, 0.4) is 0 Å². The van der Waals surface area contributed by atoms with Crippen molar-refractivity contribution in [2.45, 2.75) is 25.3 Å². The van der Waals surface area contributed by atoms with Gasteiger partial charge >= 0.3 is 6.09 Å². The number of hydrogen-bond acceptors (Lipinski definition) is 6. The lowest BCUT2D eigenvalue weighted by Crippen LogP contribution is -2.37. The SMILES string of the molecule is O=C(N[C@@H](C(=O)Nc1cc(C(O)CNCc2ccccc2)ccc1C(=O)c1ccccc1)c1ccccc1)OCc1ccccc1. The summed E-state index contributed by atoms with van der Waals surface area (Å²) >= 11 is 0. The second-order valence-corrected chi connectivity index (χ2v) is 10.7. The van der Waals surface area contributed by atoms with E-state index in [9.17, 15) is 19.5 Å². The summed E-state index contributed by atoms with van der Waals surface area (Å²) in [5.41, 5.74) is 3.80. The summed E-state index contributed by atoms with van der Waals surface area (Å²) in [5.74, 6) is -0.885. The molecule has 2 atom stereocenters. The highest BCUT2D eigenvalue weighted by atomic mass is 16.5. The van der Waals surface area contributed by atoms with E-state index in [1.54, 1.807) is 72.8 Å². The third kappa shape index (κ3) is 8.75. The van der Waals surface area contributed by atoms with E-state index in [0.717, 1.165) is 11.1 Å². The number of hydrogen-bond donors (Lipinski definition) is 4. The number of anilines is 1. The van der Waals surface area contributed by atoms with Gasteiger partial charge in [0.25, 0.3) is 5.91 Å². The number of aliphatic hydroxyl groups is 1.